The predicted molar refractivity (Wildman–Crippen MR) is 89.7 cm³/mol. The van der Waals surface area contributed by atoms with E-state index in [1.54, 1.807) is 11.8 Å². The number of thiazole rings is 1. The van der Waals surface area contributed by atoms with Gasteiger partial charge in [-0.1, -0.05) is 25.2 Å². The molecule has 3 rings (SSSR count). The van der Waals surface area contributed by atoms with Gasteiger partial charge in [0.15, 0.2) is 16.3 Å². The second-order valence-electron chi connectivity index (χ2n) is 5.31. The monoisotopic (exact) mass is 338 g/mol. The summed E-state index contributed by atoms with van der Waals surface area (Å²) in [5, 5.41) is 0. The van der Waals surface area contributed by atoms with Crippen LogP contribution in [0.2, 0.25) is 0 Å². The summed E-state index contributed by atoms with van der Waals surface area (Å²) in [6, 6.07) is 3.95. The van der Waals surface area contributed by atoms with Gasteiger partial charge in [-0.25, -0.2) is 0 Å². The Morgan fingerprint density at radius 1 is 1.41 bits per heavy atom. The van der Waals surface area contributed by atoms with Crippen LogP contribution in [0.3, 0.4) is 0 Å². The summed E-state index contributed by atoms with van der Waals surface area (Å²) in [5.41, 5.74) is 1.04. The molecule has 0 radical (unpaired) electrons. The van der Waals surface area contributed by atoms with Crippen LogP contribution in [0, 0.1) is 5.92 Å². The first-order valence-corrected chi connectivity index (χ1v) is 9.31. The number of fused-ring (bicyclic) bond motifs is 2. The van der Waals surface area contributed by atoms with Crippen LogP contribution in [0.15, 0.2) is 17.1 Å². The molecule has 1 aliphatic rings. The van der Waals surface area contributed by atoms with Crippen molar-refractivity contribution in [3.8, 4) is 11.5 Å². The van der Waals surface area contributed by atoms with Gasteiger partial charge >= 0.3 is 0 Å². The number of carbonyl (C=O) groups is 1. The SMILES string of the molecule is CSCCn1c(=NC(=O)C(C)C)sc2cc3c(cc21)OCO3. The van der Waals surface area contributed by atoms with E-state index in [-0.39, 0.29) is 18.6 Å². The molecule has 1 amide bonds. The van der Waals surface area contributed by atoms with Crippen LogP contribution >= 0.6 is 23.1 Å². The van der Waals surface area contributed by atoms with Crippen LogP contribution in [0.25, 0.3) is 10.2 Å². The minimum Gasteiger partial charge on any atom is -0.454 e. The van der Waals surface area contributed by atoms with Crippen LogP contribution in [0.4, 0.5) is 0 Å². The van der Waals surface area contributed by atoms with Crippen LogP contribution in [-0.2, 0) is 11.3 Å². The molecule has 2 heterocycles. The fourth-order valence-corrected chi connectivity index (χ4v) is 3.60. The molecule has 0 aliphatic carbocycles. The van der Waals surface area contributed by atoms with Gasteiger partial charge in [0, 0.05) is 30.3 Å². The maximum absolute atomic E-state index is 12.0. The third kappa shape index (κ3) is 2.87. The molecule has 118 valence electrons. The number of hydrogen-bond acceptors (Lipinski definition) is 5. The topological polar surface area (TPSA) is 52.8 Å². The van der Waals surface area contributed by atoms with E-state index in [0.717, 1.165) is 38.8 Å². The Balaban J connectivity index is 2.16. The first kappa shape index (κ1) is 15.4. The highest BCUT2D eigenvalue weighted by atomic mass is 32.2. The molecule has 1 aromatic heterocycles. The van der Waals surface area contributed by atoms with Crippen molar-refractivity contribution < 1.29 is 14.3 Å². The highest BCUT2D eigenvalue weighted by molar-refractivity contribution is 7.98. The van der Waals surface area contributed by atoms with Gasteiger partial charge in [0.1, 0.15) is 0 Å². The Hall–Kier alpha value is -1.47. The van der Waals surface area contributed by atoms with E-state index in [1.165, 1.54) is 11.3 Å². The lowest BCUT2D eigenvalue weighted by Gasteiger charge is -2.05. The quantitative estimate of drug-likeness (QED) is 0.860. The van der Waals surface area contributed by atoms with Gasteiger partial charge in [-0.3, -0.25) is 4.79 Å². The normalized spacial score (nSPS) is 14.3. The second kappa shape index (κ2) is 6.34. The molecule has 0 atom stereocenters. The van der Waals surface area contributed by atoms with Crippen LogP contribution in [0.5, 0.6) is 11.5 Å². The molecular formula is C15H18N2O3S2. The number of hydrogen-bond donors (Lipinski definition) is 0. The molecule has 0 saturated carbocycles. The average molecular weight is 338 g/mol. The fourth-order valence-electron chi connectivity index (χ4n) is 2.17. The number of thioether (sulfide) groups is 1. The summed E-state index contributed by atoms with van der Waals surface area (Å²) in [6.45, 7) is 4.80. The minimum atomic E-state index is -0.101. The number of ether oxygens (including phenoxy) is 2. The van der Waals surface area contributed by atoms with E-state index in [4.69, 9.17) is 9.47 Å². The standard InChI is InChI=1S/C15H18N2O3S2/c1-9(2)14(18)16-15-17(4-5-21-3)10-6-11-12(20-8-19-11)7-13(10)22-15/h6-7,9H,4-5,8H2,1-3H3. The van der Waals surface area contributed by atoms with Gasteiger partial charge in [0.05, 0.1) is 10.2 Å². The number of amides is 1. The summed E-state index contributed by atoms with van der Waals surface area (Å²) in [7, 11) is 0. The molecule has 0 fully saturated rings. The molecule has 1 aliphatic heterocycles. The van der Waals surface area contributed by atoms with Crippen molar-refractivity contribution >= 4 is 39.2 Å². The molecule has 0 spiro atoms. The van der Waals surface area contributed by atoms with E-state index >= 15 is 0 Å². The van der Waals surface area contributed by atoms with Crippen LogP contribution in [-0.4, -0.2) is 29.3 Å². The highest BCUT2D eigenvalue weighted by Gasteiger charge is 2.18. The van der Waals surface area contributed by atoms with E-state index in [9.17, 15) is 4.79 Å². The molecule has 0 saturated heterocycles. The van der Waals surface area contributed by atoms with Crippen molar-refractivity contribution in [2.75, 3.05) is 18.8 Å². The van der Waals surface area contributed by atoms with E-state index in [0.29, 0.717) is 0 Å². The third-order valence-electron chi connectivity index (χ3n) is 3.40. The smallest absolute Gasteiger partial charge is 0.250 e. The first-order chi connectivity index (χ1) is 10.6. The van der Waals surface area contributed by atoms with Gasteiger partial charge in [0.25, 0.3) is 5.91 Å². The number of nitrogens with zero attached hydrogens (tertiary/aromatic N) is 2. The van der Waals surface area contributed by atoms with E-state index in [2.05, 4.69) is 15.8 Å². The lowest BCUT2D eigenvalue weighted by Crippen LogP contribution is -2.19. The highest BCUT2D eigenvalue weighted by Crippen LogP contribution is 2.37. The van der Waals surface area contributed by atoms with Crippen molar-refractivity contribution in [2.24, 2.45) is 10.9 Å². The summed E-state index contributed by atoms with van der Waals surface area (Å²) >= 11 is 3.29. The zero-order valence-corrected chi connectivity index (χ0v) is 14.4. The van der Waals surface area contributed by atoms with Crippen LogP contribution in [0.1, 0.15) is 13.8 Å². The van der Waals surface area contributed by atoms with Crippen molar-refractivity contribution in [1.29, 1.82) is 0 Å². The lowest BCUT2D eigenvalue weighted by molar-refractivity contribution is -0.120. The molecule has 1 aromatic carbocycles. The molecule has 2 aromatic rings. The summed E-state index contributed by atoms with van der Waals surface area (Å²) in [4.78, 5) is 17.0. The number of aryl methyl sites for hydroxylation is 1. The Morgan fingerprint density at radius 3 is 2.82 bits per heavy atom. The molecule has 0 bridgehead atoms. The predicted octanol–water partition coefficient (Wildman–Crippen LogP) is 2.88. The summed E-state index contributed by atoms with van der Waals surface area (Å²) in [5.74, 6) is 2.28. The molecule has 0 N–H and O–H groups in total. The lowest BCUT2D eigenvalue weighted by atomic mass is 10.2. The van der Waals surface area contributed by atoms with Gasteiger partial charge in [-0.15, -0.1) is 0 Å². The first-order valence-electron chi connectivity index (χ1n) is 7.10. The number of aromatic nitrogens is 1. The maximum atomic E-state index is 12.0. The second-order valence-corrected chi connectivity index (χ2v) is 7.30. The summed E-state index contributed by atoms with van der Waals surface area (Å²) in [6.07, 6.45) is 2.07. The van der Waals surface area contributed by atoms with Gasteiger partial charge in [0.2, 0.25) is 6.79 Å². The average Bonchev–Trinajstić information content (AvgIpc) is 3.06. The zero-order chi connectivity index (χ0) is 15.7. The van der Waals surface area contributed by atoms with Crippen molar-refractivity contribution in [3.63, 3.8) is 0 Å². The van der Waals surface area contributed by atoms with Crippen molar-refractivity contribution in [3.05, 3.63) is 16.9 Å². The van der Waals surface area contributed by atoms with Gasteiger partial charge in [-0.2, -0.15) is 16.8 Å². The maximum Gasteiger partial charge on any atom is 0.250 e. The van der Waals surface area contributed by atoms with E-state index < -0.39 is 0 Å². The Labute approximate surface area is 137 Å². The molecule has 0 unspecified atom stereocenters. The van der Waals surface area contributed by atoms with Crippen molar-refractivity contribution in [2.45, 2.75) is 20.4 Å². The van der Waals surface area contributed by atoms with Gasteiger partial charge < -0.3 is 14.0 Å². The Morgan fingerprint density at radius 2 is 2.14 bits per heavy atom. The Kier molecular flexibility index (Phi) is 4.44. The molecular weight excluding hydrogens is 320 g/mol. The molecule has 5 nitrogen and oxygen atoms in total. The third-order valence-corrected chi connectivity index (χ3v) is 5.03. The fraction of sp³-hybridized carbons (Fsp3) is 0.467. The Bertz CT molecular complexity index is 777. The molecule has 7 heteroatoms. The number of benzene rings is 1. The zero-order valence-electron chi connectivity index (χ0n) is 12.8. The van der Waals surface area contributed by atoms with Gasteiger partial charge in [-0.05, 0) is 6.26 Å². The largest absolute Gasteiger partial charge is 0.454 e. The van der Waals surface area contributed by atoms with E-state index in [1.807, 2.05) is 26.0 Å². The van der Waals surface area contributed by atoms with Crippen molar-refractivity contribution in [1.82, 2.24) is 4.57 Å². The summed E-state index contributed by atoms with van der Waals surface area (Å²) < 4.78 is 14.0. The number of carbonyl (C=O) groups excluding carboxylic acids is 1. The number of rotatable bonds is 4. The minimum absolute atomic E-state index is 0.0931. The molecule has 22 heavy (non-hydrogen) atoms. The van der Waals surface area contributed by atoms with Crippen LogP contribution < -0.4 is 14.3 Å².